The topological polar surface area (TPSA) is 59.8 Å². The van der Waals surface area contributed by atoms with Gasteiger partial charge >= 0.3 is 0 Å². The minimum atomic E-state index is -0.460. The van der Waals surface area contributed by atoms with Gasteiger partial charge in [-0.15, -0.1) is 5.10 Å². The van der Waals surface area contributed by atoms with Crippen molar-refractivity contribution >= 4 is 34.8 Å². The van der Waals surface area contributed by atoms with Gasteiger partial charge in [0.2, 0.25) is 5.82 Å². The normalized spacial score (nSPS) is 10.8. The number of rotatable bonds is 4. The van der Waals surface area contributed by atoms with E-state index in [1.165, 1.54) is 0 Å². The van der Waals surface area contributed by atoms with Gasteiger partial charge in [-0.1, -0.05) is 70.7 Å². The smallest absolute Gasteiger partial charge is 0.295 e. The summed E-state index contributed by atoms with van der Waals surface area (Å²) in [5.74, 6) is 0.154. The summed E-state index contributed by atoms with van der Waals surface area (Å²) in [5.41, 5.74) is 4.38. The fourth-order valence-electron chi connectivity index (χ4n) is 2.93. The lowest BCUT2D eigenvalue weighted by atomic mass is 10.1. The second kappa shape index (κ2) is 8.30. The van der Waals surface area contributed by atoms with Gasteiger partial charge in [0, 0.05) is 10.6 Å². The maximum absolute atomic E-state index is 12.8. The average Bonchev–Trinajstić information content (AvgIpc) is 3.17. The number of hydrogen-bond donors (Lipinski definition) is 1. The minimum Gasteiger partial charge on any atom is -0.318 e. The summed E-state index contributed by atoms with van der Waals surface area (Å²) >= 11 is 12.1. The van der Waals surface area contributed by atoms with E-state index in [4.69, 9.17) is 23.2 Å². The summed E-state index contributed by atoms with van der Waals surface area (Å²) in [7, 11) is 0. The van der Waals surface area contributed by atoms with Crippen molar-refractivity contribution in [2.45, 2.75) is 13.8 Å². The molecule has 0 unspecified atom stereocenters. The molecule has 4 aromatic rings. The van der Waals surface area contributed by atoms with Crippen LogP contribution in [-0.4, -0.2) is 20.7 Å². The number of carbonyl (C=O) groups is 1. The molecule has 0 aliphatic rings. The van der Waals surface area contributed by atoms with Crippen molar-refractivity contribution in [2.24, 2.45) is 0 Å². The Balaban J connectivity index is 1.75. The van der Waals surface area contributed by atoms with Crippen LogP contribution in [0.3, 0.4) is 0 Å². The van der Waals surface area contributed by atoms with E-state index in [0.717, 1.165) is 22.4 Å². The molecule has 0 bridgehead atoms. The molecule has 0 radical (unpaired) electrons. The van der Waals surface area contributed by atoms with Crippen LogP contribution in [0.1, 0.15) is 21.7 Å². The molecular weight excluding hydrogens is 419 g/mol. The Kier molecular flexibility index (Phi) is 5.57. The number of amides is 1. The molecule has 7 heteroatoms. The Bertz CT molecular complexity index is 1150. The van der Waals surface area contributed by atoms with Gasteiger partial charge in [0.25, 0.3) is 5.91 Å². The van der Waals surface area contributed by atoms with Crippen molar-refractivity contribution < 1.29 is 4.79 Å². The Morgan fingerprint density at radius 3 is 2.17 bits per heavy atom. The number of nitrogens with one attached hydrogen (secondary N) is 1. The summed E-state index contributed by atoms with van der Waals surface area (Å²) in [6.45, 7) is 4.03. The summed E-state index contributed by atoms with van der Waals surface area (Å²) in [4.78, 5) is 17.4. The van der Waals surface area contributed by atoms with E-state index in [1.54, 1.807) is 22.9 Å². The highest BCUT2D eigenvalue weighted by Gasteiger charge is 2.19. The number of hydrogen-bond acceptors (Lipinski definition) is 3. The molecule has 0 fully saturated rings. The molecule has 150 valence electrons. The first-order valence-electron chi connectivity index (χ1n) is 9.28. The highest BCUT2D eigenvalue weighted by atomic mass is 35.5. The number of carbonyl (C=O) groups excluding carboxylic acids is 1. The van der Waals surface area contributed by atoms with Gasteiger partial charge in [0.1, 0.15) is 0 Å². The Morgan fingerprint density at radius 2 is 1.53 bits per heavy atom. The molecule has 4 rings (SSSR count). The fourth-order valence-corrected chi connectivity index (χ4v) is 3.39. The molecule has 0 saturated heterocycles. The molecule has 1 aromatic heterocycles. The third-order valence-electron chi connectivity index (χ3n) is 4.58. The van der Waals surface area contributed by atoms with Crippen LogP contribution < -0.4 is 5.32 Å². The quantitative estimate of drug-likeness (QED) is 0.419. The van der Waals surface area contributed by atoms with E-state index in [-0.39, 0.29) is 5.82 Å². The second-order valence-corrected chi connectivity index (χ2v) is 7.79. The van der Waals surface area contributed by atoms with Crippen LogP contribution in [0.15, 0.2) is 66.7 Å². The van der Waals surface area contributed by atoms with Crippen molar-refractivity contribution in [1.29, 1.82) is 0 Å². The van der Waals surface area contributed by atoms with Crippen LogP contribution >= 0.6 is 23.2 Å². The van der Waals surface area contributed by atoms with Gasteiger partial charge in [-0.3, -0.25) is 4.79 Å². The summed E-state index contributed by atoms with van der Waals surface area (Å²) < 4.78 is 1.67. The van der Waals surface area contributed by atoms with Crippen LogP contribution in [0.5, 0.6) is 0 Å². The summed E-state index contributed by atoms with van der Waals surface area (Å²) in [5, 5.41) is 8.05. The third kappa shape index (κ3) is 4.22. The van der Waals surface area contributed by atoms with E-state index in [0.29, 0.717) is 21.6 Å². The molecule has 30 heavy (non-hydrogen) atoms. The van der Waals surface area contributed by atoms with Gasteiger partial charge in [-0.2, -0.15) is 0 Å². The molecule has 3 aromatic carbocycles. The zero-order chi connectivity index (χ0) is 21.3. The number of aromatic nitrogens is 3. The Hall–Kier alpha value is -3.15. The highest BCUT2D eigenvalue weighted by molar-refractivity contribution is 6.36. The van der Waals surface area contributed by atoms with Crippen LogP contribution in [-0.2, 0) is 0 Å². The Morgan fingerprint density at radius 1 is 0.900 bits per heavy atom. The SMILES string of the molecule is Cc1ccc(-c2nc(C(=O)Nc3ccc(Cl)cc3Cl)nn2-c2ccc(C)cc2)cc1. The first kappa shape index (κ1) is 20.1. The first-order chi connectivity index (χ1) is 14.4. The lowest BCUT2D eigenvalue weighted by Crippen LogP contribution is -2.14. The second-order valence-electron chi connectivity index (χ2n) is 6.95. The predicted molar refractivity (Wildman–Crippen MR) is 121 cm³/mol. The monoisotopic (exact) mass is 436 g/mol. The van der Waals surface area contributed by atoms with Crippen molar-refractivity contribution in [3.63, 3.8) is 0 Å². The van der Waals surface area contributed by atoms with E-state index in [2.05, 4.69) is 15.4 Å². The zero-order valence-corrected chi connectivity index (χ0v) is 17.9. The van der Waals surface area contributed by atoms with E-state index in [1.807, 2.05) is 62.4 Å². The van der Waals surface area contributed by atoms with Gasteiger partial charge in [-0.05, 0) is 44.2 Å². The van der Waals surface area contributed by atoms with Crippen molar-refractivity contribution in [3.05, 3.63) is 93.7 Å². The van der Waals surface area contributed by atoms with Crippen LogP contribution in [0.25, 0.3) is 17.1 Å². The third-order valence-corrected chi connectivity index (χ3v) is 5.13. The molecule has 1 N–H and O–H groups in total. The van der Waals surface area contributed by atoms with Gasteiger partial charge < -0.3 is 5.32 Å². The standard InChI is InChI=1S/C23H18Cl2N4O/c1-14-3-7-16(8-4-14)22-27-21(28-29(22)18-10-5-15(2)6-11-18)23(30)26-20-12-9-17(24)13-19(20)25/h3-13H,1-2H3,(H,26,30). The summed E-state index contributed by atoms with van der Waals surface area (Å²) in [6.07, 6.45) is 0. The lowest BCUT2D eigenvalue weighted by molar-refractivity contribution is 0.101. The molecule has 0 atom stereocenters. The molecule has 0 spiro atoms. The maximum Gasteiger partial charge on any atom is 0.295 e. The number of nitrogens with zero attached hydrogens (tertiary/aromatic N) is 3. The van der Waals surface area contributed by atoms with E-state index in [9.17, 15) is 4.79 Å². The number of halogens is 2. The zero-order valence-electron chi connectivity index (χ0n) is 16.4. The molecule has 0 aliphatic carbocycles. The van der Waals surface area contributed by atoms with Gasteiger partial charge in [-0.25, -0.2) is 9.67 Å². The molecule has 5 nitrogen and oxygen atoms in total. The van der Waals surface area contributed by atoms with Gasteiger partial charge in [0.05, 0.1) is 16.4 Å². The molecule has 0 saturated carbocycles. The number of anilines is 1. The van der Waals surface area contributed by atoms with Crippen LogP contribution in [0.4, 0.5) is 5.69 Å². The first-order valence-corrected chi connectivity index (χ1v) is 10.0. The van der Waals surface area contributed by atoms with Gasteiger partial charge in [0.15, 0.2) is 5.82 Å². The Labute approximate surface area is 184 Å². The van der Waals surface area contributed by atoms with Crippen molar-refractivity contribution in [2.75, 3.05) is 5.32 Å². The van der Waals surface area contributed by atoms with Crippen molar-refractivity contribution in [3.8, 4) is 17.1 Å². The summed E-state index contributed by atoms with van der Waals surface area (Å²) in [6, 6.07) is 20.6. The molecule has 0 aliphatic heterocycles. The van der Waals surface area contributed by atoms with E-state index >= 15 is 0 Å². The minimum absolute atomic E-state index is 0.0390. The lowest BCUT2D eigenvalue weighted by Gasteiger charge is -2.06. The molecular formula is C23H18Cl2N4O. The fraction of sp³-hybridized carbons (Fsp3) is 0.0870. The predicted octanol–water partition coefficient (Wildman–Crippen LogP) is 6.11. The maximum atomic E-state index is 12.8. The van der Waals surface area contributed by atoms with Crippen LogP contribution in [0, 0.1) is 13.8 Å². The largest absolute Gasteiger partial charge is 0.318 e. The average molecular weight is 437 g/mol. The highest BCUT2D eigenvalue weighted by Crippen LogP contribution is 2.26. The molecule has 1 amide bonds. The van der Waals surface area contributed by atoms with Crippen LogP contribution in [0.2, 0.25) is 10.0 Å². The number of benzene rings is 3. The number of aryl methyl sites for hydroxylation is 2. The molecule has 1 heterocycles. The van der Waals surface area contributed by atoms with E-state index < -0.39 is 5.91 Å². The van der Waals surface area contributed by atoms with Crippen molar-refractivity contribution in [1.82, 2.24) is 14.8 Å².